The van der Waals surface area contributed by atoms with Gasteiger partial charge >= 0.3 is 5.97 Å². The Labute approximate surface area is 167 Å². The molecule has 0 aromatic rings. The number of carbonyl (C=O) groups is 2. The Balaban J connectivity index is 1.98. The first kappa shape index (κ1) is 20.9. The number of rotatable bonds is 6. The van der Waals surface area contributed by atoms with Crippen molar-refractivity contribution < 1.29 is 23.9 Å². The average Bonchev–Trinajstić information content (AvgIpc) is 3.17. The Morgan fingerprint density at radius 1 is 1.41 bits per heavy atom. The molecule has 6 nitrogen and oxygen atoms in total. The molecule has 0 unspecified atom stereocenters. The number of nitrogens with zero attached hydrogens (tertiary/aromatic N) is 1. The summed E-state index contributed by atoms with van der Waals surface area (Å²) >= 11 is 1.51. The number of β-lactam (4-membered cyclic amide) rings is 1. The molecule has 3 heterocycles. The van der Waals surface area contributed by atoms with E-state index in [1.54, 1.807) is 0 Å². The van der Waals surface area contributed by atoms with Crippen LogP contribution in [0.5, 0.6) is 0 Å². The minimum Gasteiger partial charge on any atom is -0.477 e. The lowest BCUT2D eigenvalue weighted by molar-refractivity contribution is -0.177. The lowest BCUT2D eigenvalue weighted by Crippen LogP contribution is -2.70. The molecule has 8 heteroatoms. The summed E-state index contributed by atoms with van der Waals surface area (Å²) in [5.74, 6) is -1.50. The van der Waals surface area contributed by atoms with Gasteiger partial charge in [-0.3, -0.25) is 9.69 Å². The first-order valence-electron chi connectivity index (χ1n) is 9.81. The number of ether oxygens (including phenoxy) is 1. The zero-order valence-electron chi connectivity index (χ0n) is 17.1. The van der Waals surface area contributed by atoms with Crippen LogP contribution in [0.1, 0.15) is 47.0 Å². The molecule has 0 aromatic heterocycles. The highest BCUT2D eigenvalue weighted by Gasteiger charge is 2.66. The molecule has 27 heavy (non-hydrogen) atoms. The smallest absolute Gasteiger partial charge is 0.353 e. The van der Waals surface area contributed by atoms with Gasteiger partial charge in [0.15, 0.2) is 9.04 Å². The van der Waals surface area contributed by atoms with Gasteiger partial charge in [0.05, 0.1) is 17.6 Å². The quantitative estimate of drug-likeness (QED) is 0.532. The standard InChI is InChI=1S/C19H31NO5SSi/c1-7-19(18(2,3)4,25-27(5)6)12-15(21)20-13(17(22)23)14(26-16(12)20)11-9-8-10-24-11/h11-12,16,27H,7-10H2,1-6H3,(H,22,23)/t11-,12-,16-,19+/m1/s1. The number of hydrogen-bond acceptors (Lipinski definition) is 5. The summed E-state index contributed by atoms with van der Waals surface area (Å²) in [6, 6.07) is 0. The van der Waals surface area contributed by atoms with E-state index in [9.17, 15) is 14.7 Å². The number of carboxylic acid groups (broad SMARTS) is 1. The lowest BCUT2D eigenvalue weighted by Gasteiger charge is -2.57. The van der Waals surface area contributed by atoms with Gasteiger partial charge in [-0.05, 0) is 37.8 Å². The van der Waals surface area contributed by atoms with E-state index in [0.29, 0.717) is 11.5 Å². The number of carbonyl (C=O) groups excluding carboxylic acids is 1. The van der Waals surface area contributed by atoms with Crippen LogP contribution >= 0.6 is 11.8 Å². The summed E-state index contributed by atoms with van der Waals surface area (Å²) in [7, 11) is -1.42. The number of amides is 1. The number of aliphatic carboxylic acids is 1. The highest BCUT2D eigenvalue weighted by Crippen LogP contribution is 2.59. The summed E-state index contributed by atoms with van der Waals surface area (Å²) in [4.78, 5) is 27.4. The maximum Gasteiger partial charge on any atom is 0.353 e. The molecule has 2 saturated heterocycles. The Morgan fingerprint density at radius 3 is 2.52 bits per heavy atom. The average molecular weight is 414 g/mol. The second-order valence-corrected chi connectivity index (χ2v) is 12.4. The fourth-order valence-electron chi connectivity index (χ4n) is 4.75. The fourth-order valence-corrected chi connectivity index (χ4v) is 7.94. The van der Waals surface area contributed by atoms with Crippen molar-refractivity contribution in [2.24, 2.45) is 11.3 Å². The highest BCUT2D eigenvalue weighted by atomic mass is 32.2. The largest absolute Gasteiger partial charge is 0.477 e. The first-order valence-corrected chi connectivity index (χ1v) is 13.5. The molecule has 0 spiro atoms. The molecule has 1 N–H and O–H groups in total. The fraction of sp³-hybridized carbons (Fsp3) is 0.789. The van der Waals surface area contributed by atoms with E-state index in [-0.39, 0.29) is 34.4 Å². The number of fused-ring (bicyclic) bond motifs is 1. The predicted molar refractivity (Wildman–Crippen MR) is 108 cm³/mol. The number of thioether (sulfide) groups is 1. The van der Waals surface area contributed by atoms with Crippen LogP contribution < -0.4 is 0 Å². The minimum absolute atomic E-state index is 0.121. The topological polar surface area (TPSA) is 76.1 Å². The second kappa shape index (κ2) is 7.20. The van der Waals surface area contributed by atoms with E-state index < -0.39 is 20.6 Å². The van der Waals surface area contributed by atoms with E-state index in [4.69, 9.17) is 9.16 Å². The molecule has 3 aliphatic rings. The van der Waals surface area contributed by atoms with Crippen LogP contribution in [0.15, 0.2) is 10.6 Å². The summed E-state index contributed by atoms with van der Waals surface area (Å²) in [6.07, 6.45) is 2.26. The molecule has 152 valence electrons. The highest BCUT2D eigenvalue weighted by molar-refractivity contribution is 8.04. The Morgan fingerprint density at radius 2 is 2.07 bits per heavy atom. The van der Waals surface area contributed by atoms with Crippen LogP contribution in [-0.4, -0.2) is 54.6 Å². The molecular formula is C19H31NO5SSi. The molecule has 2 fully saturated rings. The van der Waals surface area contributed by atoms with Crippen molar-refractivity contribution in [3.05, 3.63) is 10.6 Å². The molecule has 3 rings (SSSR count). The van der Waals surface area contributed by atoms with Crippen molar-refractivity contribution in [2.45, 2.75) is 77.1 Å². The molecule has 0 aliphatic carbocycles. The zero-order chi connectivity index (χ0) is 20.1. The normalized spacial score (nSPS) is 30.6. The van der Waals surface area contributed by atoms with Gasteiger partial charge in [-0.2, -0.15) is 0 Å². The van der Waals surface area contributed by atoms with Gasteiger partial charge in [0, 0.05) is 11.5 Å². The van der Waals surface area contributed by atoms with Gasteiger partial charge in [0.25, 0.3) is 0 Å². The zero-order valence-corrected chi connectivity index (χ0v) is 19.0. The van der Waals surface area contributed by atoms with Crippen LogP contribution in [0.2, 0.25) is 13.1 Å². The van der Waals surface area contributed by atoms with Crippen molar-refractivity contribution in [3.63, 3.8) is 0 Å². The molecule has 1 amide bonds. The monoisotopic (exact) mass is 413 g/mol. The van der Waals surface area contributed by atoms with Crippen LogP contribution in [0.4, 0.5) is 0 Å². The van der Waals surface area contributed by atoms with Crippen molar-refractivity contribution >= 4 is 32.7 Å². The van der Waals surface area contributed by atoms with Crippen LogP contribution in [-0.2, 0) is 18.8 Å². The SMILES string of the molecule is CC[C@](O[SiH](C)C)([C@@H]1C(=O)N2C(C(=O)O)=C([C@H]3CCCO3)S[C@H]12)C(C)(C)C. The van der Waals surface area contributed by atoms with Gasteiger partial charge in [0.2, 0.25) is 5.91 Å². The van der Waals surface area contributed by atoms with E-state index in [1.165, 1.54) is 16.7 Å². The maximum atomic E-state index is 13.3. The Kier molecular flexibility index (Phi) is 5.57. The third-order valence-corrected chi connectivity index (χ3v) is 8.26. The molecule has 0 saturated carbocycles. The van der Waals surface area contributed by atoms with Gasteiger partial charge in [-0.1, -0.05) is 39.5 Å². The van der Waals surface area contributed by atoms with Crippen LogP contribution in [0.3, 0.4) is 0 Å². The van der Waals surface area contributed by atoms with Gasteiger partial charge in [-0.25, -0.2) is 4.79 Å². The maximum absolute atomic E-state index is 13.3. The number of carboxylic acids is 1. The van der Waals surface area contributed by atoms with Crippen LogP contribution in [0, 0.1) is 11.3 Å². The van der Waals surface area contributed by atoms with E-state index in [2.05, 4.69) is 40.8 Å². The molecule has 0 bridgehead atoms. The minimum atomic E-state index is -1.42. The molecule has 4 atom stereocenters. The summed E-state index contributed by atoms with van der Waals surface area (Å²) in [6.45, 7) is 13.3. The predicted octanol–water partition coefficient (Wildman–Crippen LogP) is 3.19. The van der Waals surface area contributed by atoms with Crippen LogP contribution in [0.25, 0.3) is 0 Å². The van der Waals surface area contributed by atoms with Crippen molar-refractivity contribution in [1.29, 1.82) is 0 Å². The second-order valence-electron chi connectivity index (χ2n) is 8.87. The molecular weight excluding hydrogens is 382 g/mol. The Bertz CT molecular complexity index is 668. The summed E-state index contributed by atoms with van der Waals surface area (Å²) in [5.41, 5.74) is -0.699. The van der Waals surface area contributed by atoms with Gasteiger partial charge in [-0.15, -0.1) is 0 Å². The third-order valence-electron chi connectivity index (χ3n) is 5.93. The number of hydrogen-bond donors (Lipinski definition) is 1. The van der Waals surface area contributed by atoms with Crippen molar-refractivity contribution in [3.8, 4) is 0 Å². The van der Waals surface area contributed by atoms with Gasteiger partial charge in [0.1, 0.15) is 11.1 Å². The van der Waals surface area contributed by atoms with E-state index >= 15 is 0 Å². The third kappa shape index (κ3) is 3.18. The molecule has 0 radical (unpaired) electrons. The molecule has 0 aromatic carbocycles. The van der Waals surface area contributed by atoms with Gasteiger partial charge < -0.3 is 14.3 Å². The van der Waals surface area contributed by atoms with Crippen molar-refractivity contribution in [1.82, 2.24) is 4.90 Å². The van der Waals surface area contributed by atoms with Crippen molar-refractivity contribution in [2.75, 3.05) is 6.61 Å². The van der Waals surface area contributed by atoms with E-state index in [0.717, 1.165) is 19.3 Å². The Hall–Kier alpha value is -0.833. The summed E-state index contributed by atoms with van der Waals surface area (Å²) < 4.78 is 12.3. The molecule has 3 aliphatic heterocycles. The van der Waals surface area contributed by atoms with E-state index in [1.807, 2.05) is 0 Å². The lowest BCUT2D eigenvalue weighted by atomic mass is 9.64. The first-order chi connectivity index (χ1) is 12.5. The summed E-state index contributed by atoms with van der Waals surface area (Å²) in [5, 5.41) is 9.58.